The van der Waals surface area contributed by atoms with E-state index in [9.17, 15) is 13.2 Å². The number of ether oxygens (including phenoxy) is 2. The minimum atomic E-state index is -3.59. The zero-order chi connectivity index (χ0) is 22.0. The molecule has 2 aromatic carbocycles. The molecule has 2 heterocycles. The summed E-state index contributed by atoms with van der Waals surface area (Å²) in [6.45, 7) is 0.433. The average molecular weight is 459 g/mol. The maximum absolute atomic E-state index is 13.0. The molecular weight excluding hydrogens is 436 g/mol. The van der Waals surface area contributed by atoms with E-state index in [-0.39, 0.29) is 5.91 Å². The van der Waals surface area contributed by atoms with E-state index in [0.717, 1.165) is 12.0 Å². The van der Waals surface area contributed by atoms with Crippen molar-refractivity contribution in [2.45, 2.75) is 17.1 Å². The number of carbonyl (C=O) groups is 1. The highest BCUT2D eigenvalue weighted by Gasteiger charge is 2.30. The lowest BCUT2D eigenvalue weighted by Crippen LogP contribution is -2.35. The van der Waals surface area contributed by atoms with Crippen LogP contribution >= 0.6 is 11.3 Å². The Morgan fingerprint density at radius 3 is 2.65 bits per heavy atom. The molecule has 7 nitrogen and oxygen atoms in total. The summed E-state index contributed by atoms with van der Waals surface area (Å²) in [5.74, 6) is 0.676. The van der Waals surface area contributed by atoms with Crippen molar-refractivity contribution in [1.29, 1.82) is 0 Å². The lowest BCUT2D eigenvalue weighted by Gasteiger charge is -2.30. The van der Waals surface area contributed by atoms with Crippen molar-refractivity contribution < 1.29 is 22.7 Å². The number of rotatable bonds is 6. The van der Waals surface area contributed by atoms with Crippen molar-refractivity contribution in [2.24, 2.45) is 0 Å². The Bertz CT molecular complexity index is 1210. The summed E-state index contributed by atoms with van der Waals surface area (Å²) in [5.41, 5.74) is 2.51. The molecule has 9 heteroatoms. The first-order valence-electron chi connectivity index (χ1n) is 9.66. The van der Waals surface area contributed by atoms with Gasteiger partial charge in [-0.3, -0.25) is 9.10 Å². The minimum absolute atomic E-state index is 0.321. The van der Waals surface area contributed by atoms with Gasteiger partial charge in [-0.25, -0.2) is 8.42 Å². The first kappa shape index (κ1) is 21.2. The molecule has 1 aromatic heterocycles. The van der Waals surface area contributed by atoms with Gasteiger partial charge in [0.15, 0.2) is 0 Å². The molecule has 0 saturated carbocycles. The summed E-state index contributed by atoms with van der Waals surface area (Å²) < 4.78 is 38.3. The van der Waals surface area contributed by atoms with Crippen LogP contribution in [0.5, 0.6) is 11.5 Å². The quantitative estimate of drug-likeness (QED) is 0.600. The molecular formula is C22H22N2O5S2. The Morgan fingerprint density at radius 1 is 1.10 bits per heavy atom. The van der Waals surface area contributed by atoms with Crippen LogP contribution < -0.4 is 19.1 Å². The predicted molar refractivity (Wildman–Crippen MR) is 121 cm³/mol. The van der Waals surface area contributed by atoms with E-state index in [1.807, 2.05) is 6.07 Å². The lowest BCUT2D eigenvalue weighted by molar-refractivity contribution is 0.102. The smallest absolute Gasteiger partial charge is 0.273 e. The number of hydrogen-bond acceptors (Lipinski definition) is 6. The number of nitrogens with one attached hydrogen (secondary N) is 1. The molecule has 162 valence electrons. The molecule has 0 aliphatic carbocycles. The van der Waals surface area contributed by atoms with Gasteiger partial charge in [-0.2, -0.15) is 0 Å². The highest BCUT2D eigenvalue weighted by Crippen LogP contribution is 2.35. The summed E-state index contributed by atoms with van der Waals surface area (Å²) in [6.07, 6.45) is 1.45. The highest BCUT2D eigenvalue weighted by molar-refractivity contribution is 7.94. The van der Waals surface area contributed by atoms with E-state index in [0.29, 0.717) is 45.6 Å². The number of amides is 1. The van der Waals surface area contributed by atoms with E-state index in [4.69, 9.17) is 9.47 Å². The van der Waals surface area contributed by atoms with E-state index in [2.05, 4.69) is 5.32 Å². The molecule has 0 radical (unpaired) electrons. The van der Waals surface area contributed by atoms with E-state index < -0.39 is 10.0 Å². The third-order valence-corrected chi connectivity index (χ3v) is 8.29. The SMILES string of the molecule is COc1ccc(C(=O)Nc2ccc3c(c2)CCCN3S(=O)(=O)c2cccs2)c(OC)c1. The van der Waals surface area contributed by atoms with Crippen LogP contribution in [-0.2, 0) is 16.4 Å². The third-order valence-electron chi connectivity index (χ3n) is 5.11. The Morgan fingerprint density at radius 2 is 1.94 bits per heavy atom. The van der Waals surface area contributed by atoms with Crippen LogP contribution in [0.2, 0.25) is 0 Å². The van der Waals surface area contributed by atoms with E-state index in [1.54, 1.807) is 55.0 Å². The molecule has 0 saturated heterocycles. The Labute approximate surface area is 185 Å². The van der Waals surface area contributed by atoms with Crippen molar-refractivity contribution in [3.63, 3.8) is 0 Å². The summed E-state index contributed by atoms with van der Waals surface area (Å²) in [4.78, 5) is 12.8. The molecule has 0 unspecified atom stereocenters. The van der Waals surface area contributed by atoms with Gasteiger partial charge >= 0.3 is 0 Å². The normalized spacial score (nSPS) is 13.4. The molecule has 3 aromatic rings. The first-order valence-corrected chi connectivity index (χ1v) is 12.0. The monoisotopic (exact) mass is 458 g/mol. The highest BCUT2D eigenvalue weighted by atomic mass is 32.2. The number of anilines is 2. The summed E-state index contributed by atoms with van der Waals surface area (Å²) in [7, 11) is -0.552. The molecule has 1 N–H and O–H groups in total. The molecule has 0 atom stereocenters. The third kappa shape index (κ3) is 4.11. The molecule has 4 rings (SSSR count). The number of fused-ring (bicyclic) bond motifs is 1. The van der Waals surface area contributed by atoms with Crippen molar-refractivity contribution in [1.82, 2.24) is 0 Å². The van der Waals surface area contributed by atoms with Gasteiger partial charge in [0.05, 0.1) is 25.5 Å². The molecule has 1 aliphatic heterocycles. The van der Waals surface area contributed by atoms with Gasteiger partial charge in [0.25, 0.3) is 15.9 Å². The van der Waals surface area contributed by atoms with E-state index in [1.165, 1.54) is 22.8 Å². The molecule has 0 spiro atoms. The van der Waals surface area contributed by atoms with Crippen molar-refractivity contribution in [3.05, 3.63) is 65.0 Å². The molecule has 31 heavy (non-hydrogen) atoms. The fraction of sp³-hybridized carbons (Fsp3) is 0.227. The average Bonchev–Trinajstić information content (AvgIpc) is 3.34. The second kappa shape index (κ2) is 8.60. The van der Waals surface area contributed by atoms with Crippen LogP contribution in [0.4, 0.5) is 11.4 Å². The zero-order valence-corrected chi connectivity index (χ0v) is 18.8. The summed E-state index contributed by atoms with van der Waals surface area (Å²) >= 11 is 1.21. The fourth-order valence-electron chi connectivity index (χ4n) is 3.59. The van der Waals surface area contributed by atoms with Crippen LogP contribution in [0.3, 0.4) is 0 Å². The van der Waals surface area contributed by atoms with Crippen LogP contribution in [0, 0.1) is 0 Å². The van der Waals surface area contributed by atoms with Crippen molar-refractivity contribution in [3.8, 4) is 11.5 Å². The Balaban J connectivity index is 1.60. The first-order chi connectivity index (χ1) is 14.9. The number of hydrogen-bond donors (Lipinski definition) is 1. The molecule has 0 bridgehead atoms. The van der Waals surface area contributed by atoms with Gasteiger partial charge in [0, 0.05) is 18.3 Å². The summed E-state index contributed by atoms with van der Waals surface area (Å²) in [5, 5.41) is 4.63. The summed E-state index contributed by atoms with van der Waals surface area (Å²) in [6, 6.07) is 13.6. The predicted octanol–water partition coefficient (Wildman–Crippen LogP) is 4.16. The van der Waals surface area contributed by atoms with Gasteiger partial charge in [-0.15, -0.1) is 11.3 Å². The number of nitrogens with zero attached hydrogens (tertiary/aromatic N) is 1. The second-order valence-electron chi connectivity index (χ2n) is 6.98. The number of benzene rings is 2. The Kier molecular flexibility index (Phi) is 5.88. The van der Waals surface area contributed by atoms with Crippen LogP contribution in [-0.4, -0.2) is 35.1 Å². The van der Waals surface area contributed by atoms with Gasteiger partial charge in [-0.1, -0.05) is 6.07 Å². The zero-order valence-electron chi connectivity index (χ0n) is 17.1. The number of thiophene rings is 1. The van der Waals surface area contributed by atoms with Crippen LogP contribution in [0.1, 0.15) is 22.3 Å². The molecule has 1 aliphatic rings. The fourth-order valence-corrected chi connectivity index (χ4v) is 6.24. The number of methoxy groups -OCH3 is 2. The topological polar surface area (TPSA) is 84.9 Å². The van der Waals surface area contributed by atoms with Gasteiger partial charge in [-0.05, 0) is 60.2 Å². The Hall–Kier alpha value is -3.04. The molecule has 1 amide bonds. The maximum atomic E-state index is 13.0. The van der Waals surface area contributed by atoms with Gasteiger partial charge < -0.3 is 14.8 Å². The van der Waals surface area contributed by atoms with Gasteiger partial charge in [0.1, 0.15) is 15.7 Å². The van der Waals surface area contributed by atoms with E-state index >= 15 is 0 Å². The largest absolute Gasteiger partial charge is 0.497 e. The molecule has 0 fully saturated rings. The van der Waals surface area contributed by atoms with Crippen LogP contribution in [0.15, 0.2) is 58.1 Å². The second-order valence-corrected chi connectivity index (χ2v) is 10.0. The minimum Gasteiger partial charge on any atom is -0.497 e. The number of aryl methyl sites for hydroxylation is 1. The standard InChI is InChI=1S/C22H22N2O5S2/c1-28-17-8-9-18(20(14-17)29-2)22(25)23-16-7-10-19-15(13-16)5-3-11-24(19)31(26,27)21-6-4-12-30-21/h4,6-10,12-14H,3,5,11H2,1-2H3,(H,23,25). The van der Waals surface area contributed by atoms with Crippen molar-refractivity contribution in [2.75, 3.05) is 30.4 Å². The van der Waals surface area contributed by atoms with Crippen LogP contribution in [0.25, 0.3) is 0 Å². The number of sulfonamides is 1. The van der Waals surface area contributed by atoms with Gasteiger partial charge in [0.2, 0.25) is 0 Å². The maximum Gasteiger partial charge on any atom is 0.273 e. The van der Waals surface area contributed by atoms with Crippen molar-refractivity contribution >= 4 is 38.6 Å². The lowest BCUT2D eigenvalue weighted by atomic mass is 10.0. The number of carbonyl (C=O) groups excluding carboxylic acids is 1.